The normalized spacial score (nSPS) is 11.4. The number of hydroxylamine groups is 2. The molecule has 2 rings (SSSR count). The van der Waals surface area contributed by atoms with Crippen molar-refractivity contribution in [3.05, 3.63) is 71.8 Å². The molecule has 1 unspecified atom stereocenters. The lowest BCUT2D eigenvalue weighted by molar-refractivity contribution is -0.170. The van der Waals surface area contributed by atoms with E-state index < -0.39 is 30.0 Å². The predicted octanol–water partition coefficient (Wildman–Crippen LogP) is 4.12. The Hall–Kier alpha value is -3.88. The molecule has 1 amide bonds. The molecule has 0 radical (unpaired) electrons. The van der Waals surface area contributed by atoms with Gasteiger partial charge < -0.3 is 19.6 Å². The fourth-order valence-corrected chi connectivity index (χ4v) is 3.21. The van der Waals surface area contributed by atoms with Gasteiger partial charge in [0.2, 0.25) is 5.96 Å². The van der Waals surface area contributed by atoms with Crippen LogP contribution in [0.4, 0.5) is 4.79 Å². The summed E-state index contributed by atoms with van der Waals surface area (Å²) in [6.45, 7) is 3.72. The van der Waals surface area contributed by atoms with Gasteiger partial charge in [-0.25, -0.2) is 14.4 Å². The van der Waals surface area contributed by atoms with E-state index in [2.05, 4.69) is 0 Å². The van der Waals surface area contributed by atoms with E-state index in [1.165, 1.54) is 7.05 Å². The van der Waals surface area contributed by atoms with Gasteiger partial charge in [-0.3, -0.25) is 5.41 Å². The van der Waals surface area contributed by atoms with E-state index in [-0.39, 0.29) is 25.4 Å². The van der Waals surface area contributed by atoms with Crippen LogP contribution in [0.15, 0.2) is 60.7 Å². The van der Waals surface area contributed by atoms with Crippen LogP contribution in [0, 0.1) is 11.3 Å². The molecule has 2 aromatic rings. The fourth-order valence-electron chi connectivity index (χ4n) is 3.21. The Morgan fingerprint density at radius 1 is 0.971 bits per heavy atom. The third-order valence-corrected chi connectivity index (χ3v) is 5.14. The van der Waals surface area contributed by atoms with Crippen LogP contribution >= 0.6 is 0 Å². The summed E-state index contributed by atoms with van der Waals surface area (Å²) in [5.41, 5.74) is 1.80. The number of amides is 1. The molecule has 9 heteroatoms. The zero-order valence-electron chi connectivity index (χ0n) is 20.3. The Morgan fingerprint density at radius 3 is 2.09 bits per heavy atom. The zero-order chi connectivity index (χ0) is 25.8. The van der Waals surface area contributed by atoms with E-state index in [1.807, 2.05) is 50.2 Å². The lowest BCUT2D eigenvalue weighted by atomic mass is 10.1. The van der Waals surface area contributed by atoms with Gasteiger partial charge in [-0.05, 0) is 29.9 Å². The first-order valence-corrected chi connectivity index (χ1v) is 11.5. The molecular weight excluding hydrogens is 450 g/mol. The number of hydrogen-bond donors (Lipinski definition) is 2. The number of carbonyl (C=O) groups is 3. The highest BCUT2D eigenvalue weighted by molar-refractivity contribution is 5.94. The molecule has 0 fully saturated rings. The van der Waals surface area contributed by atoms with Crippen LogP contribution in [-0.4, -0.2) is 58.8 Å². The number of nitrogens with one attached hydrogen (secondary N) is 1. The molecule has 0 saturated heterocycles. The molecule has 0 aromatic heterocycles. The molecule has 2 N–H and O–H groups in total. The topological polar surface area (TPSA) is 120 Å². The van der Waals surface area contributed by atoms with Crippen molar-refractivity contribution in [2.24, 2.45) is 5.92 Å². The third kappa shape index (κ3) is 9.11. The summed E-state index contributed by atoms with van der Waals surface area (Å²) in [5.74, 6) is -2.51. The Balaban J connectivity index is 2.11. The smallest absolute Gasteiger partial charge is 0.451 e. The molecule has 9 nitrogen and oxygen atoms in total. The van der Waals surface area contributed by atoms with Crippen LogP contribution in [0.5, 0.6) is 0 Å². The summed E-state index contributed by atoms with van der Waals surface area (Å²) in [7, 11) is 1.36. The maximum atomic E-state index is 12.7. The number of aryl methyl sites for hydroxylation is 1. The minimum absolute atomic E-state index is 0.00617. The summed E-state index contributed by atoms with van der Waals surface area (Å²) in [6, 6.07) is 17.4. The monoisotopic (exact) mass is 483 g/mol. The van der Waals surface area contributed by atoms with Crippen molar-refractivity contribution in [3.8, 4) is 0 Å². The molecule has 0 aliphatic carbocycles. The first kappa shape index (κ1) is 27.4. The quantitative estimate of drug-likeness (QED) is 0.296. The second kappa shape index (κ2) is 13.7. The van der Waals surface area contributed by atoms with E-state index in [9.17, 15) is 19.5 Å². The van der Waals surface area contributed by atoms with Crippen molar-refractivity contribution in [2.45, 2.75) is 45.6 Å². The molecular formula is C26H33N3O6. The zero-order valence-corrected chi connectivity index (χ0v) is 20.3. The van der Waals surface area contributed by atoms with E-state index in [1.54, 1.807) is 24.3 Å². The molecule has 0 saturated carbocycles. The predicted molar refractivity (Wildman–Crippen MR) is 131 cm³/mol. The number of nitrogens with zero attached hydrogens (tertiary/aromatic N) is 2. The second-order valence-corrected chi connectivity index (χ2v) is 8.55. The SMILES string of the molecule is CC(C)COC(=O)N(OC(=O)CCCc1ccccc1)C(=N)N(C)C(Cc1ccccc1)C(=O)O. The number of ether oxygens (including phenoxy) is 1. The Labute approximate surface area is 205 Å². The third-order valence-electron chi connectivity index (χ3n) is 5.14. The molecule has 0 spiro atoms. The summed E-state index contributed by atoms with van der Waals surface area (Å²) >= 11 is 0. The van der Waals surface area contributed by atoms with E-state index in [4.69, 9.17) is 15.0 Å². The van der Waals surface area contributed by atoms with Gasteiger partial charge in [0, 0.05) is 19.9 Å². The van der Waals surface area contributed by atoms with Gasteiger partial charge in [-0.1, -0.05) is 79.6 Å². The number of benzene rings is 2. The number of carbonyl (C=O) groups excluding carboxylic acids is 2. The van der Waals surface area contributed by atoms with Crippen molar-refractivity contribution < 1.29 is 29.1 Å². The van der Waals surface area contributed by atoms with Crippen molar-refractivity contribution in [1.82, 2.24) is 9.96 Å². The Morgan fingerprint density at radius 2 is 1.54 bits per heavy atom. The lowest BCUT2D eigenvalue weighted by Crippen LogP contribution is -2.52. The van der Waals surface area contributed by atoms with Crippen molar-refractivity contribution in [1.29, 1.82) is 5.41 Å². The molecule has 0 aliphatic rings. The molecule has 0 bridgehead atoms. The maximum Gasteiger partial charge on any atom is 0.451 e. The minimum atomic E-state index is -1.19. The summed E-state index contributed by atoms with van der Waals surface area (Å²) in [4.78, 5) is 43.4. The van der Waals surface area contributed by atoms with Crippen LogP contribution in [0.25, 0.3) is 0 Å². The standard InChI is InChI=1S/C26H33N3O6/c1-19(2)18-34-26(33)29(35-23(30)16-10-15-20-11-6-4-7-12-20)25(27)28(3)22(24(31)32)17-21-13-8-5-9-14-21/h4-9,11-14,19,22,27H,10,15-18H2,1-3H3,(H,31,32). The van der Waals surface area contributed by atoms with Gasteiger partial charge in [0.25, 0.3) is 0 Å². The van der Waals surface area contributed by atoms with Gasteiger partial charge in [0.1, 0.15) is 6.04 Å². The second-order valence-electron chi connectivity index (χ2n) is 8.55. The molecule has 2 aromatic carbocycles. The van der Waals surface area contributed by atoms with Crippen molar-refractivity contribution in [3.63, 3.8) is 0 Å². The highest BCUT2D eigenvalue weighted by Gasteiger charge is 2.33. The minimum Gasteiger partial charge on any atom is -0.480 e. The summed E-state index contributed by atoms with van der Waals surface area (Å²) in [5, 5.41) is 18.7. The fraction of sp³-hybridized carbons (Fsp3) is 0.385. The van der Waals surface area contributed by atoms with Crippen molar-refractivity contribution in [2.75, 3.05) is 13.7 Å². The summed E-state index contributed by atoms with van der Waals surface area (Å²) in [6.07, 6.45) is 0.146. The number of aliphatic carboxylic acids is 1. The van der Waals surface area contributed by atoms with Crippen molar-refractivity contribution >= 4 is 24.0 Å². The van der Waals surface area contributed by atoms with Gasteiger partial charge in [-0.2, -0.15) is 0 Å². The van der Waals surface area contributed by atoms with Crippen LogP contribution in [0.3, 0.4) is 0 Å². The highest BCUT2D eigenvalue weighted by atomic mass is 16.8. The molecule has 0 aliphatic heterocycles. The highest BCUT2D eigenvalue weighted by Crippen LogP contribution is 2.13. The summed E-state index contributed by atoms with van der Waals surface area (Å²) < 4.78 is 5.16. The lowest BCUT2D eigenvalue weighted by Gasteiger charge is -2.31. The molecule has 1 atom stereocenters. The number of hydrogen-bond acceptors (Lipinski definition) is 6. The first-order chi connectivity index (χ1) is 16.7. The van der Waals surface area contributed by atoms with Crippen LogP contribution in [0.1, 0.15) is 37.8 Å². The molecule has 0 heterocycles. The van der Waals surface area contributed by atoms with E-state index in [0.29, 0.717) is 17.9 Å². The van der Waals surface area contributed by atoms with Crippen LogP contribution in [-0.2, 0) is 32.0 Å². The van der Waals surface area contributed by atoms with Gasteiger partial charge >= 0.3 is 18.0 Å². The number of carboxylic acids is 1. The molecule has 188 valence electrons. The van der Waals surface area contributed by atoms with Crippen LogP contribution in [0.2, 0.25) is 0 Å². The largest absolute Gasteiger partial charge is 0.480 e. The van der Waals surface area contributed by atoms with Gasteiger partial charge in [0.05, 0.1) is 6.61 Å². The average Bonchev–Trinajstić information content (AvgIpc) is 2.84. The average molecular weight is 484 g/mol. The number of rotatable bonds is 10. The Bertz CT molecular complexity index is 981. The number of guanidine groups is 1. The first-order valence-electron chi connectivity index (χ1n) is 11.5. The Kier molecular flexibility index (Phi) is 10.7. The van der Waals surface area contributed by atoms with E-state index in [0.717, 1.165) is 16.0 Å². The van der Waals surface area contributed by atoms with E-state index >= 15 is 0 Å². The number of likely N-dealkylation sites (N-methyl/N-ethyl adjacent to an activating group) is 1. The molecule has 35 heavy (non-hydrogen) atoms. The number of carboxylic acid groups (broad SMARTS) is 1. The maximum absolute atomic E-state index is 12.7. The van der Waals surface area contributed by atoms with Gasteiger partial charge in [0.15, 0.2) is 0 Å². The van der Waals surface area contributed by atoms with Crippen LogP contribution < -0.4 is 0 Å². The van der Waals surface area contributed by atoms with Gasteiger partial charge in [-0.15, -0.1) is 0 Å².